The molecule has 102 valence electrons. The molecule has 0 saturated heterocycles. The lowest BCUT2D eigenvalue weighted by atomic mass is 10.2. The minimum atomic E-state index is -0.180. The van der Waals surface area contributed by atoms with E-state index in [0.29, 0.717) is 26.0 Å². The number of aromatic amines is 1. The highest BCUT2D eigenvalue weighted by Gasteiger charge is 2.06. The molecule has 0 aromatic carbocycles. The molecule has 19 heavy (non-hydrogen) atoms. The molecule has 0 radical (unpaired) electrons. The smallest absolute Gasteiger partial charge is 0.306 e. The highest BCUT2D eigenvalue weighted by atomic mass is 32.1. The number of ether oxygens (including phenoxy) is 1. The zero-order chi connectivity index (χ0) is 13.5. The molecule has 0 aliphatic heterocycles. The number of aryl methyl sites for hydroxylation is 1. The molecule has 0 amide bonds. The molecule has 0 aliphatic rings. The molecule has 0 fully saturated rings. The zero-order valence-corrected chi connectivity index (χ0v) is 11.5. The number of anilines is 1. The van der Waals surface area contributed by atoms with E-state index >= 15 is 0 Å². The zero-order valence-electron chi connectivity index (χ0n) is 10.7. The molecular formula is C12H16N4O2S. The number of aromatic nitrogens is 3. The van der Waals surface area contributed by atoms with Crippen molar-refractivity contribution in [3.63, 3.8) is 0 Å². The number of carbonyl (C=O) groups is 1. The quantitative estimate of drug-likeness (QED) is 0.758. The first kappa shape index (κ1) is 13.5. The van der Waals surface area contributed by atoms with Gasteiger partial charge in [-0.1, -0.05) is 0 Å². The number of imidazole rings is 1. The van der Waals surface area contributed by atoms with Gasteiger partial charge in [0.1, 0.15) is 5.82 Å². The van der Waals surface area contributed by atoms with Crippen molar-refractivity contribution in [2.45, 2.75) is 26.3 Å². The van der Waals surface area contributed by atoms with E-state index in [1.54, 1.807) is 19.3 Å². The van der Waals surface area contributed by atoms with Crippen molar-refractivity contribution in [3.05, 3.63) is 29.3 Å². The summed E-state index contributed by atoms with van der Waals surface area (Å²) in [6.07, 6.45) is 4.47. The van der Waals surface area contributed by atoms with Gasteiger partial charge >= 0.3 is 5.97 Å². The third-order valence-electron chi connectivity index (χ3n) is 2.40. The lowest BCUT2D eigenvalue weighted by Crippen LogP contribution is -2.05. The van der Waals surface area contributed by atoms with Gasteiger partial charge in [0, 0.05) is 24.2 Å². The fourth-order valence-electron chi connectivity index (χ4n) is 1.52. The molecule has 2 N–H and O–H groups in total. The summed E-state index contributed by atoms with van der Waals surface area (Å²) < 4.78 is 4.88. The van der Waals surface area contributed by atoms with Crippen LogP contribution in [0.3, 0.4) is 0 Å². The van der Waals surface area contributed by atoms with Crippen molar-refractivity contribution in [3.8, 4) is 0 Å². The van der Waals surface area contributed by atoms with Crippen LogP contribution in [0.15, 0.2) is 17.8 Å². The van der Waals surface area contributed by atoms with E-state index < -0.39 is 0 Å². The van der Waals surface area contributed by atoms with E-state index in [2.05, 4.69) is 20.3 Å². The number of esters is 1. The number of thiazole rings is 1. The molecule has 0 spiro atoms. The fraction of sp³-hybridized carbons (Fsp3) is 0.417. The van der Waals surface area contributed by atoms with Crippen molar-refractivity contribution in [2.75, 3.05) is 11.9 Å². The van der Waals surface area contributed by atoms with Gasteiger partial charge in [0.25, 0.3) is 0 Å². The Morgan fingerprint density at radius 3 is 3.21 bits per heavy atom. The summed E-state index contributed by atoms with van der Waals surface area (Å²) in [6, 6.07) is 0. The summed E-state index contributed by atoms with van der Waals surface area (Å²) in [5, 5.41) is 5.95. The van der Waals surface area contributed by atoms with Crippen LogP contribution < -0.4 is 5.32 Å². The first-order valence-electron chi connectivity index (χ1n) is 6.10. The van der Waals surface area contributed by atoms with Crippen LogP contribution in [0, 0.1) is 0 Å². The summed E-state index contributed by atoms with van der Waals surface area (Å²) in [5.74, 6) is 0.684. The van der Waals surface area contributed by atoms with Crippen molar-refractivity contribution < 1.29 is 9.53 Å². The number of rotatable bonds is 7. The van der Waals surface area contributed by atoms with Crippen LogP contribution in [0.2, 0.25) is 0 Å². The highest BCUT2D eigenvalue weighted by Crippen LogP contribution is 2.17. The number of H-pyrrole nitrogens is 1. The van der Waals surface area contributed by atoms with E-state index in [-0.39, 0.29) is 5.97 Å². The topological polar surface area (TPSA) is 79.9 Å². The largest absolute Gasteiger partial charge is 0.466 e. The molecule has 0 unspecified atom stereocenters. The van der Waals surface area contributed by atoms with Crippen LogP contribution in [0.1, 0.15) is 24.9 Å². The molecule has 0 atom stereocenters. The average molecular weight is 280 g/mol. The molecule has 2 heterocycles. The van der Waals surface area contributed by atoms with Gasteiger partial charge in [-0.2, -0.15) is 0 Å². The summed E-state index contributed by atoms with van der Waals surface area (Å²) in [5.41, 5.74) is 0.903. The van der Waals surface area contributed by atoms with Gasteiger partial charge in [-0.05, 0) is 6.92 Å². The number of nitrogens with one attached hydrogen (secondary N) is 2. The van der Waals surface area contributed by atoms with Crippen LogP contribution in [-0.2, 0) is 22.5 Å². The van der Waals surface area contributed by atoms with Gasteiger partial charge in [-0.15, -0.1) is 11.3 Å². The van der Waals surface area contributed by atoms with Crippen LogP contribution in [0.25, 0.3) is 0 Å². The second kappa shape index (κ2) is 6.89. The number of nitrogens with zero attached hydrogens (tertiary/aromatic N) is 2. The van der Waals surface area contributed by atoms with Gasteiger partial charge < -0.3 is 15.0 Å². The Hall–Kier alpha value is -1.89. The minimum absolute atomic E-state index is 0.180. The third-order valence-corrected chi connectivity index (χ3v) is 3.25. The van der Waals surface area contributed by atoms with Crippen molar-refractivity contribution >= 4 is 22.4 Å². The third kappa shape index (κ3) is 4.36. The van der Waals surface area contributed by atoms with Crippen LogP contribution in [0.4, 0.5) is 5.13 Å². The number of carbonyl (C=O) groups excluding carboxylic acids is 1. The van der Waals surface area contributed by atoms with Gasteiger partial charge in [-0.3, -0.25) is 4.79 Å². The second-order valence-electron chi connectivity index (χ2n) is 3.84. The summed E-state index contributed by atoms with van der Waals surface area (Å²) >= 11 is 1.52. The molecule has 0 bridgehead atoms. The van der Waals surface area contributed by atoms with E-state index in [4.69, 9.17) is 4.74 Å². The first-order valence-corrected chi connectivity index (χ1v) is 6.98. The molecular weight excluding hydrogens is 264 g/mol. The minimum Gasteiger partial charge on any atom is -0.466 e. The Labute approximate surface area is 115 Å². The van der Waals surface area contributed by atoms with Crippen molar-refractivity contribution in [2.24, 2.45) is 0 Å². The lowest BCUT2D eigenvalue weighted by molar-refractivity contribution is -0.143. The molecule has 2 rings (SSSR count). The first-order chi connectivity index (χ1) is 9.28. The summed E-state index contributed by atoms with van der Waals surface area (Å²) in [7, 11) is 0. The Balaban J connectivity index is 1.77. The Morgan fingerprint density at radius 2 is 2.47 bits per heavy atom. The summed E-state index contributed by atoms with van der Waals surface area (Å²) in [6.45, 7) is 2.83. The van der Waals surface area contributed by atoms with Crippen LogP contribution in [-0.4, -0.2) is 27.5 Å². The monoisotopic (exact) mass is 280 g/mol. The average Bonchev–Trinajstić information content (AvgIpc) is 3.06. The highest BCUT2D eigenvalue weighted by molar-refractivity contribution is 7.13. The Bertz CT molecular complexity index is 510. The number of hydrogen-bond acceptors (Lipinski definition) is 6. The van der Waals surface area contributed by atoms with Crippen LogP contribution in [0.5, 0.6) is 0 Å². The summed E-state index contributed by atoms with van der Waals surface area (Å²) in [4.78, 5) is 22.8. The maximum absolute atomic E-state index is 11.2. The normalized spacial score (nSPS) is 10.4. The van der Waals surface area contributed by atoms with Gasteiger partial charge in [0.2, 0.25) is 0 Å². The van der Waals surface area contributed by atoms with E-state index in [9.17, 15) is 4.79 Å². The molecule has 2 aromatic heterocycles. The maximum atomic E-state index is 11.2. The van der Waals surface area contributed by atoms with Crippen molar-refractivity contribution in [1.82, 2.24) is 15.0 Å². The Kier molecular flexibility index (Phi) is 4.91. The predicted octanol–water partition coefficient (Wildman–Crippen LogP) is 1.97. The van der Waals surface area contributed by atoms with E-state index in [0.717, 1.165) is 16.6 Å². The molecule has 0 saturated carbocycles. The lowest BCUT2D eigenvalue weighted by Gasteiger charge is -2.00. The number of hydrogen-bond donors (Lipinski definition) is 2. The van der Waals surface area contributed by atoms with Crippen molar-refractivity contribution in [1.29, 1.82) is 0 Å². The van der Waals surface area contributed by atoms with E-state index in [1.807, 2.05) is 5.38 Å². The van der Waals surface area contributed by atoms with Crippen LogP contribution >= 0.6 is 11.3 Å². The molecule has 2 aromatic rings. The Morgan fingerprint density at radius 1 is 1.58 bits per heavy atom. The standard InChI is InChI=1S/C12H16N4O2S/c1-2-18-11(17)4-3-9-8-19-12(16-9)15-7-10-13-5-6-14-10/h5-6,8H,2-4,7H2,1H3,(H,13,14)(H,15,16). The maximum Gasteiger partial charge on any atom is 0.306 e. The molecule has 0 aliphatic carbocycles. The van der Waals surface area contributed by atoms with Gasteiger partial charge in [0.15, 0.2) is 5.13 Å². The molecule has 7 heteroatoms. The van der Waals surface area contributed by atoms with E-state index in [1.165, 1.54) is 11.3 Å². The fourth-order valence-corrected chi connectivity index (χ4v) is 2.26. The van der Waals surface area contributed by atoms with Gasteiger partial charge in [-0.25, -0.2) is 9.97 Å². The second-order valence-corrected chi connectivity index (χ2v) is 4.70. The SMILES string of the molecule is CCOC(=O)CCc1csc(NCc2ncc[nH]2)n1. The van der Waals surface area contributed by atoms with Gasteiger partial charge in [0.05, 0.1) is 25.3 Å². The predicted molar refractivity (Wildman–Crippen MR) is 73.0 cm³/mol. The molecule has 6 nitrogen and oxygen atoms in total.